The molecule has 2 aliphatic rings. The number of H-pyrrole nitrogens is 1. The maximum atomic E-state index is 13.2. The Bertz CT molecular complexity index is 1100. The highest BCUT2D eigenvalue weighted by Gasteiger charge is 2.41. The number of nitrogens with one attached hydrogen (secondary N) is 2. The third-order valence-corrected chi connectivity index (χ3v) is 5.80. The summed E-state index contributed by atoms with van der Waals surface area (Å²) in [6.07, 6.45) is -2.78. The maximum absolute atomic E-state index is 13.2. The molecule has 1 atom stereocenters. The van der Waals surface area contributed by atoms with Gasteiger partial charge in [0.05, 0.1) is 11.3 Å². The van der Waals surface area contributed by atoms with Gasteiger partial charge >= 0.3 is 12.2 Å². The van der Waals surface area contributed by atoms with E-state index in [9.17, 15) is 22.8 Å². The van der Waals surface area contributed by atoms with E-state index in [2.05, 4.69) is 15.4 Å². The van der Waals surface area contributed by atoms with Crippen LogP contribution in [0.1, 0.15) is 34.7 Å². The normalized spacial score (nSPS) is 18.2. The van der Waals surface area contributed by atoms with Gasteiger partial charge in [-0.2, -0.15) is 23.5 Å². The first kappa shape index (κ1) is 21.6. The van der Waals surface area contributed by atoms with Crippen LogP contribution in [0.3, 0.4) is 0 Å². The average molecular weight is 447 g/mol. The first-order chi connectivity index (χ1) is 15.3. The van der Waals surface area contributed by atoms with E-state index in [1.54, 1.807) is 17.0 Å². The molecule has 0 radical (unpaired) electrons. The van der Waals surface area contributed by atoms with Crippen molar-refractivity contribution in [2.75, 3.05) is 37.6 Å². The summed E-state index contributed by atoms with van der Waals surface area (Å²) in [5, 5.41) is 17.4. The predicted octanol–water partition coefficient (Wildman–Crippen LogP) is 1.62. The lowest BCUT2D eigenvalue weighted by Gasteiger charge is -2.35. The second-order valence-corrected chi connectivity index (χ2v) is 7.70. The van der Waals surface area contributed by atoms with Crippen LogP contribution in [0.5, 0.6) is 0 Å². The highest BCUT2D eigenvalue weighted by Crippen LogP contribution is 2.37. The Morgan fingerprint density at radius 1 is 1.28 bits per heavy atom. The summed E-state index contributed by atoms with van der Waals surface area (Å²) in [5.74, 6) is 0.336. The molecule has 0 saturated carbocycles. The van der Waals surface area contributed by atoms with Crippen LogP contribution in [0.25, 0.3) is 0 Å². The highest BCUT2D eigenvalue weighted by molar-refractivity contribution is 5.74. The highest BCUT2D eigenvalue weighted by atomic mass is 19.4. The quantitative estimate of drug-likeness (QED) is 0.738. The fraction of sp³-hybridized carbons (Fsp3) is 0.450. The molecule has 32 heavy (non-hydrogen) atoms. The van der Waals surface area contributed by atoms with Crippen molar-refractivity contribution in [3.63, 3.8) is 0 Å². The summed E-state index contributed by atoms with van der Waals surface area (Å²) < 4.78 is 39.7. The second kappa shape index (κ2) is 8.49. The molecule has 9 nitrogen and oxygen atoms in total. The number of hydrogen-bond donors (Lipinski definition) is 2. The first-order valence-corrected chi connectivity index (χ1v) is 10.1. The van der Waals surface area contributed by atoms with E-state index in [4.69, 9.17) is 5.26 Å². The van der Waals surface area contributed by atoms with Crippen molar-refractivity contribution >= 4 is 11.8 Å². The molecule has 2 aromatic rings. The summed E-state index contributed by atoms with van der Waals surface area (Å²) in [6, 6.07) is 5.17. The number of carbonyl (C=O) groups is 1. The Kier molecular flexibility index (Phi) is 5.73. The largest absolute Gasteiger partial charge is 0.422 e. The number of aromatic nitrogens is 3. The van der Waals surface area contributed by atoms with Gasteiger partial charge in [0.15, 0.2) is 0 Å². The van der Waals surface area contributed by atoms with Crippen molar-refractivity contribution in [2.24, 2.45) is 0 Å². The summed E-state index contributed by atoms with van der Waals surface area (Å²) in [6.45, 7) is 2.18. The number of carbonyl (C=O) groups excluding carboxylic acids is 1. The van der Waals surface area contributed by atoms with Gasteiger partial charge in [0.25, 0.3) is 5.56 Å². The minimum absolute atomic E-state index is 0.0796. The van der Waals surface area contributed by atoms with Crippen molar-refractivity contribution in [2.45, 2.75) is 24.9 Å². The molecule has 2 aromatic heterocycles. The molecule has 1 fully saturated rings. The zero-order valence-corrected chi connectivity index (χ0v) is 16.9. The Labute approximate surface area is 180 Å². The monoisotopic (exact) mass is 447 g/mol. The van der Waals surface area contributed by atoms with E-state index < -0.39 is 23.2 Å². The van der Waals surface area contributed by atoms with E-state index in [-0.39, 0.29) is 30.3 Å². The number of anilines is 1. The number of piperazine rings is 1. The van der Waals surface area contributed by atoms with Crippen molar-refractivity contribution in [3.05, 3.63) is 51.1 Å². The smallest absolute Gasteiger partial charge is 0.353 e. The Morgan fingerprint density at radius 2 is 2.03 bits per heavy atom. The number of nitriles is 1. The van der Waals surface area contributed by atoms with Crippen LogP contribution in [0, 0.1) is 11.3 Å². The van der Waals surface area contributed by atoms with E-state index in [1.807, 2.05) is 16.1 Å². The number of rotatable bonds is 3. The SMILES string of the molecule is N#Cc1ccc(N2CCN(C(=O)NC[C@H]3CCc4c3n[nH]c(=O)c4C(F)(F)F)CC2)nc1. The molecule has 0 spiro atoms. The third kappa shape index (κ3) is 4.23. The minimum atomic E-state index is -4.75. The number of nitrogens with zero attached hydrogens (tertiary/aromatic N) is 5. The van der Waals surface area contributed by atoms with Crippen LogP contribution in [0.2, 0.25) is 0 Å². The zero-order chi connectivity index (χ0) is 22.9. The Hall–Kier alpha value is -3.62. The van der Waals surface area contributed by atoms with Gasteiger partial charge in [0.2, 0.25) is 0 Å². The molecule has 1 aliphatic heterocycles. The number of halogens is 3. The van der Waals surface area contributed by atoms with E-state index >= 15 is 0 Å². The zero-order valence-electron chi connectivity index (χ0n) is 16.9. The number of aromatic amines is 1. The van der Waals surface area contributed by atoms with Gasteiger partial charge < -0.3 is 15.1 Å². The number of hydrogen-bond acceptors (Lipinski definition) is 6. The molecule has 12 heteroatoms. The van der Waals surface area contributed by atoms with Gasteiger partial charge in [-0.05, 0) is 30.5 Å². The molecular formula is C20H20F3N7O2. The summed E-state index contributed by atoms with van der Waals surface area (Å²) in [7, 11) is 0. The summed E-state index contributed by atoms with van der Waals surface area (Å²) in [4.78, 5) is 32.1. The van der Waals surface area contributed by atoms with Gasteiger partial charge in [0.1, 0.15) is 17.5 Å². The van der Waals surface area contributed by atoms with E-state index in [1.165, 1.54) is 6.20 Å². The number of fused-ring (bicyclic) bond motifs is 1. The molecule has 1 saturated heterocycles. The molecule has 1 aliphatic carbocycles. The lowest BCUT2D eigenvalue weighted by Crippen LogP contribution is -2.52. The lowest BCUT2D eigenvalue weighted by molar-refractivity contribution is -0.139. The molecule has 0 bridgehead atoms. The van der Waals surface area contributed by atoms with Crippen molar-refractivity contribution in [1.82, 2.24) is 25.4 Å². The molecule has 2 amide bonds. The fourth-order valence-electron chi connectivity index (χ4n) is 4.14. The van der Waals surface area contributed by atoms with Crippen LogP contribution >= 0.6 is 0 Å². The van der Waals surface area contributed by atoms with Crippen LogP contribution in [-0.2, 0) is 12.6 Å². The number of pyridine rings is 1. The average Bonchev–Trinajstić information content (AvgIpc) is 3.19. The van der Waals surface area contributed by atoms with E-state index in [0.29, 0.717) is 38.2 Å². The summed E-state index contributed by atoms with van der Waals surface area (Å²) in [5.41, 5.74) is -1.85. The van der Waals surface area contributed by atoms with Gasteiger partial charge in [-0.1, -0.05) is 0 Å². The van der Waals surface area contributed by atoms with Crippen molar-refractivity contribution in [3.8, 4) is 6.07 Å². The van der Waals surface area contributed by atoms with Gasteiger partial charge in [-0.3, -0.25) is 4.79 Å². The molecule has 0 aromatic carbocycles. The maximum Gasteiger partial charge on any atom is 0.422 e. The Balaban J connectivity index is 1.33. The van der Waals surface area contributed by atoms with Gasteiger partial charge in [-0.15, -0.1) is 0 Å². The molecule has 0 unspecified atom stereocenters. The van der Waals surface area contributed by atoms with Crippen LogP contribution in [0.15, 0.2) is 23.1 Å². The molecule has 168 valence electrons. The van der Waals surface area contributed by atoms with Crippen molar-refractivity contribution in [1.29, 1.82) is 5.26 Å². The minimum Gasteiger partial charge on any atom is -0.353 e. The predicted molar refractivity (Wildman–Crippen MR) is 107 cm³/mol. The second-order valence-electron chi connectivity index (χ2n) is 7.70. The standard InChI is InChI=1S/C20H20F3N7O2/c21-20(22,23)16-14-3-2-13(17(14)27-28-18(16)31)11-26-19(32)30-7-5-29(6-8-30)15-4-1-12(9-24)10-25-15/h1,4,10,13H,2-3,5-8,11H2,(H,26,32)(H,28,31)/t13-/m1/s1. The third-order valence-electron chi connectivity index (χ3n) is 5.80. The van der Waals surface area contributed by atoms with Gasteiger partial charge in [-0.25, -0.2) is 14.9 Å². The van der Waals surface area contributed by atoms with E-state index in [0.717, 1.165) is 5.82 Å². The van der Waals surface area contributed by atoms with Crippen LogP contribution < -0.4 is 15.8 Å². The first-order valence-electron chi connectivity index (χ1n) is 10.1. The van der Waals surface area contributed by atoms with Crippen LogP contribution in [0.4, 0.5) is 23.8 Å². The fourth-order valence-corrected chi connectivity index (χ4v) is 4.14. The number of alkyl halides is 3. The Morgan fingerprint density at radius 3 is 2.66 bits per heavy atom. The summed E-state index contributed by atoms with van der Waals surface area (Å²) >= 11 is 0. The molecule has 2 N–H and O–H groups in total. The number of amides is 2. The van der Waals surface area contributed by atoms with Crippen molar-refractivity contribution < 1.29 is 18.0 Å². The molecule has 3 heterocycles. The van der Waals surface area contributed by atoms with Crippen LogP contribution in [-0.4, -0.2) is 58.8 Å². The molecule has 4 rings (SSSR count). The molecular weight excluding hydrogens is 427 g/mol. The topological polar surface area (TPSA) is 118 Å². The van der Waals surface area contributed by atoms with Gasteiger partial charge in [0, 0.05) is 44.8 Å². The lowest BCUT2D eigenvalue weighted by atomic mass is 10.1. The number of urea groups is 1.